The van der Waals surface area contributed by atoms with Crippen molar-refractivity contribution in [1.29, 1.82) is 0 Å². The molecule has 0 aliphatic heterocycles. The van der Waals surface area contributed by atoms with E-state index in [2.05, 4.69) is 4.74 Å². The maximum absolute atomic E-state index is 12.2. The molecule has 1 heterocycles. The lowest BCUT2D eigenvalue weighted by Gasteiger charge is -2.11. The number of alkyl halides is 3. The van der Waals surface area contributed by atoms with E-state index in [0.717, 1.165) is 23.3 Å². The lowest BCUT2D eigenvalue weighted by Crippen LogP contribution is -2.18. The van der Waals surface area contributed by atoms with Crippen LogP contribution in [0.5, 0.6) is 11.5 Å². The zero-order valence-corrected chi connectivity index (χ0v) is 13.7. The molecular weight excluding hydrogens is 347 g/mol. The molecule has 0 aliphatic carbocycles. The Morgan fingerprint density at radius 1 is 0.885 bits per heavy atom. The number of benzene rings is 2. The van der Waals surface area contributed by atoms with Crippen molar-refractivity contribution in [3.05, 3.63) is 77.2 Å². The third-order valence-electron chi connectivity index (χ3n) is 3.66. The van der Waals surface area contributed by atoms with Crippen molar-refractivity contribution in [3.8, 4) is 28.3 Å². The molecule has 3 rings (SSSR count). The minimum Gasteiger partial charge on any atom is -0.497 e. The van der Waals surface area contributed by atoms with Crippen LogP contribution < -0.4 is 15.0 Å². The topological polar surface area (TPSA) is 40.5 Å². The predicted molar refractivity (Wildman–Crippen MR) is 90.7 cm³/mol. The highest BCUT2D eigenvalue weighted by molar-refractivity contribution is 5.64. The summed E-state index contributed by atoms with van der Waals surface area (Å²) in [5.41, 5.74) is 1.73. The molecule has 0 N–H and O–H groups in total. The molecule has 4 nitrogen and oxygen atoms in total. The van der Waals surface area contributed by atoms with Gasteiger partial charge in [-0.25, -0.2) is 0 Å². The van der Waals surface area contributed by atoms with Crippen molar-refractivity contribution in [3.63, 3.8) is 0 Å². The van der Waals surface area contributed by atoms with Gasteiger partial charge in [0, 0.05) is 18.0 Å². The highest BCUT2D eigenvalue weighted by Crippen LogP contribution is 2.25. The molecule has 0 saturated heterocycles. The first-order valence-corrected chi connectivity index (χ1v) is 7.59. The lowest BCUT2D eigenvalue weighted by atomic mass is 10.1. The van der Waals surface area contributed by atoms with Crippen molar-refractivity contribution < 1.29 is 22.6 Å². The van der Waals surface area contributed by atoms with E-state index in [9.17, 15) is 18.0 Å². The molecule has 0 aliphatic rings. The highest BCUT2D eigenvalue weighted by atomic mass is 19.4. The second-order valence-electron chi connectivity index (χ2n) is 5.40. The Morgan fingerprint density at radius 3 is 2.27 bits per heavy atom. The standard InChI is InChI=1S/C19H14F3NO3/c1-25-17-4-2-3-13(11-17)14-5-10-18(24)23(12-14)15-6-8-16(9-7-15)26-19(20,21)22/h2-12H,1H3. The summed E-state index contributed by atoms with van der Waals surface area (Å²) in [6, 6.07) is 15.5. The summed E-state index contributed by atoms with van der Waals surface area (Å²) in [4.78, 5) is 12.2. The van der Waals surface area contributed by atoms with E-state index < -0.39 is 6.36 Å². The van der Waals surface area contributed by atoms with E-state index in [4.69, 9.17) is 4.74 Å². The third-order valence-corrected chi connectivity index (χ3v) is 3.66. The maximum Gasteiger partial charge on any atom is 0.573 e. The number of ether oxygens (including phenoxy) is 2. The molecule has 7 heteroatoms. The fourth-order valence-electron chi connectivity index (χ4n) is 2.47. The fourth-order valence-corrected chi connectivity index (χ4v) is 2.47. The van der Waals surface area contributed by atoms with Crippen LogP contribution in [0.25, 0.3) is 16.8 Å². The number of methoxy groups -OCH3 is 1. The number of pyridine rings is 1. The Hall–Kier alpha value is -3.22. The van der Waals surface area contributed by atoms with Crippen LogP contribution in [0.1, 0.15) is 0 Å². The number of hydrogen-bond acceptors (Lipinski definition) is 3. The third kappa shape index (κ3) is 4.05. The summed E-state index contributed by atoms with van der Waals surface area (Å²) in [6.07, 6.45) is -3.14. The fraction of sp³-hybridized carbons (Fsp3) is 0.105. The molecule has 0 fully saturated rings. The van der Waals surface area contributed by atoms with Crippen LogP contribution >= 0.6 is 0 Å². The monoisotopic (exact) mass is 361 g/mol. The molecule has 0 radical (unpaired) electrons. The van der Waals surface area contributed by atoms with E-state index in [0.29, 0.717) is 11.4 Å². The molecule has 0 spiro atoms. The number of nitrogens with zero attached hydrogens (tertiary/aromatic N) is 1. The molecule has 0 amide bonds. The van der Waals surface area contributed by atoms with Gasteiger partial charge in [-0.1, -0.05) is 12.1 Å². The summed E-state index contributed by atoms with van der Waals surface area (Å²) < 4.78 is 47.1. The van der Waals surface area contributed by atoms with Gasteiger partial charge in [-0.15, -0.1) is 13.2 Å². The van der Waals surface area contributed by atoms with Gasteiger partial charge in [0.1, 0.15) is 11.5 Å². The molecule has 1 aromatic heterocycles. The van der Waals surface area contributed by atoms with Gasteiger partial charge in [-0.3, -0.25) is 9.36 Å². The predicted octanol–water partition coefficient (Wildman–Crippen LogP) is 4.41. The van der Waals surface area contributed by atoms with Crippen molar-refractivity contribution in [2.45, 2.75) is 6.36 Å². The van der Waals surface area contributed by atoms with E-state index in [1.54, 1.807) is 25.4 Å². The van der Waals surface area contributed by atoms with Crippen LogP contribution in [0.15, 0.2) is 71.7 Å². The Bertz CT molecular complexity index is 963. The first-order chi connectivity index (χ1) is 12.4. The smallest absolute Gasteiger partial charge is 0.497 e. The Labute approximate surface area is 147 Å². The molecule has 134 valence electrons. The van der Waals surface area contributed by atoms with Gasteiger partial charge in [0.05, 0.1) is 7.11 Å². The maximum atomic E-state index is 12.2. The van der Waals surface area contributed by atoms with Gasteiger partial charge >= 0.3 is 6.36 Å². The molecule has 3 aromatic rings. The quantitative estimate of drug-likeness (QED) is 0.691. The van der Waals surface area contributed by atoms with Gasteiger partial charge < -0.3 is 9.47 Å². The largest absolute Gasteiger partial charge is 0.573 e. The van der Waals surface area contributed by atoms with Crippen molar-refractivity contribution in [1.82, 2.24) is 4.57 Å². The first-order valence-electron chi connectivity index (χ1n) is 7.59. The van der Waals surface area contributed by atoms with Crippen LogP contribution in [-0.2, 0) is 0 Å². The molecule has 0 saturated carbocycles. The lowest BCUT2D eigenvalue weighted by molar-refractivity contribution is -0.274. The Balaban J connectivity index is 1.96. The van der Waals surface area contributed by atoms with E-state index >= 15 is 0 Å². The summed E-state index contributed by atoms with van der Waals surface area (Å²) in [6.45, 7) is 0. The normalized spacial score (nSPS) is 11.2. The van der Waals surface area contributed by atoms with Gasteiger partial charge in [0.2, 0.25) is 0 Å². The average molecular weight is 361 g/mol. The second kappa shape index (κ2) is 6.95. The van der Waals surface area contributed by atoms with E-state index in [1.807, 2.05) is 18.2 Å². The zero-order valence-electron chi connectivity index (χ0n) is 13.7. The molecule has 2 aromatic carbocycles. The van der Waals surface area contributed by atoms with Crippen LogP contribution in [0.4, 0.5) is 13.2 Å². The van der Waals surface area contributed by atoms with Crippen molar-refractivity contribution >= 4 is 0 Å². The van der Waals surface area contributed by atoms with Gasteiger partial charge in [0.25, 0.3) is 5.56 Å². The summed E-state index contributed by atoms with van der Waals surface area (Å²) in [5.74, 6) is 0.326. The molecule has 0 bridgehead atoms. The number of halogens is 3. The number of aromatic nitrogens is 1. The van der Waals surface area contributed by atoms with Crippen LogP contribution in [0.3, 0.4) is 0 Å². The SMILES string of the molecule is COc1cccc(-c2ccc(=O)n(-c3ccc(OC(F)(F)F)cc3)c2)c1. The van der Waals surface area contributed by atoms with E-state index in [-0.39, 0.29) is 11.3 Å². The van der Waals surface area contributed by atoms with Gasteiger partial charge in [-0.2, -0.15) is 0 Å². The summed E-state index contributed by atoms with van der Waals surface area (Å²) in [5, 5.41) is 0. The second-order valence-corrected chi connectivity index (χ2v) is 5.40. The first kappa shape index (κ1) is 17.6. The summed E-state index contributed by atoms with van der Waals surface area (Å²) >= 11 is 0. The number of hydrogen-bond donors (Lipinski definition) is 0. The molecule has 26 heavy (non-hydrogen) atoms. The van der Waals surface area contributed by atoms with Crippen LogP contribution in [-0.4, -0.2) is 18.0 Å². The molecular formula is C19H14F3NO3. The Morgan fingerprint density at radius 2 is 1.62 bits per heavy atom. The zero-order chi connectivity index (χ0) is 18.7. The van der Waals surface area contributed by atoms with Gasteiger partial charge in [-0.05, 0) is 53.6 Å². The van der Waals surface area contributed by atoms with Crippen LogP contribution in [0.2, 0.25) is 0 Å². The molecule has 0 atom stereocenters. The molecule has 0 unspecified atom stereocenters. The van der Waals surface area contributed by atoms with Crippen molar-refractivity contribution in [2.24, 2.45) is 0 Å². The van der Waals surface area contributed by atoms with E-state index in [1.165, 1.54) is 22.8 Å². The average Bonchev–Trinajstić information content (AvgIpc) is 2.62. The Kier molecular flexibility index (Phi) is 4.71. The number of rotatable bonds is 4. The minimum atomic E-state index is -4.76. The van der Waals surface area contributed by atoms with Gasteiger partial charge in [0.15, 0.2) is 0 Å². The van der Waals surface area contributed by atoms with Crippen LogP contribution in [0, 0.1) is 0 Å². The summed E-state index contributed by atoms with van der Waals surface area (Å²) in [7, 11) is 1.56. The minimum absolute atomic E-state index is 0.305. The van der Waals surface area contributed by atoms with Crippen molar-refractivity contribution in [2.75, 3.05) is 7.11 Å². The highest BCUT2D eigenvalue weighted by Gasteiger charge is 2.30.